The number of benzene rings is 1. The van der Waals surface area contributed by atoms with Crippen LogP contribution >= 0.6 is 11.6 Å². The minimum atomic E-state index is -1.08. The number of aromatic nitrogens is 2. The van der Waals surface area contributed by atoms with E-state index < -0.39 is 11.4 Å². The molecule has 4 rings (SSSR count). The lowest BCUT2D eigenvalue weighted by Crippen LogP contribution is -2.43. The molecule has 1 unspecified atom stereocenters. The first-order chi connectivity index (χ1) is 13.0. The van der Waals surface area contributed by atoms with Crippen molar-refractivity contribution in [3.8, 4) is 5.75 Å². The Kier molecular flexibility index (Phi) is 4.37. The Balaban J connectivity index is 1.95. The number of rotatable bonds is 3. The second-order valence-corrected chi connectivity index (χ2v) is 6.70. The largest absolute Gasteiger partial charge is 0.495 e. The Morgan fingerprint density at radius 3 is 2.74 bits per heavy atom. The van der Waals surface area contributed by atoms with Crippen molar-refractivity contribution in [3.05, 3.63) is 82.5 Å². The number of fused-ring (bicyclic) bond motifs is 1. The molecule has 0 saturated carbocycles. The van der Waals surface area contributed by atoms with E-state index in [4.69, 9.17) is 22.1 Å². The molecule has 7 heteroatoms. The quantitative estimate of drug-likeness (QED) is 0.742. The van der Waals surface area contributed by atoms with Crippen LogP contribution in [0.4, 0.5) is 10.2 Å². The normalized spacial score (nSPS) is 18.6. The molecule has 0 fully saturated rings. The van der Waals surface area contributed by atoms with Crippen molar-refractivity contribution in [3.63, 3.8) is 0 Å². The molecule has 5 nitrogen and oxygen atoms in total. The highest BCUT2D eigenvalue weighted by molar-refractivity contribution is 6.31. The third kappa shape index (κ3) is 2.97. The molecule has 2 aromatic heterocycles. The van der Waals surface area contributed by atoms with Gasteiger partial charge in [-0.15, -0.1) is 0 Å². The van der Waals surface area contributed by atoms with Crippen molar-refractivity contribution < 1.29 is 9.13 Å². The highest BCUT2D eigenvalue weighted by Crippen LogP contribution is 2.42. The molecule has 0 saturated heterocycles. The van der Waals surface area contributed by atoms with Crippen LogP contribution in [0.15, 0.2) is 59.9 Å². The standard InChI is InChI=1S/C20H16ClFN4O/c1-27-17-5-3-8-24-18(17)20(23)11-16(13-10-12(21)6-7-15(13)22)26-19-14(20)4-2-9-25-19/h2-10H,11,23H2,1H3. The molecule has 0 radical (unpaired) electrons. The van der Waals surface area contributed by atoms with Gasteiger partial charge in [0.15, 0.2) is 5.82 Å². The maximum Gasteiger partial charge on any atom is 0.157 e. The molecular formula is C20H16ClFN4O. The van der Waals surface area contributed by atoms with Crippen molar-refractivity contribution in [1.29, 1.82) is 0 Å². The Morgan fingerprint density at radius 1 is 1.15 bits per heavy atom. The number of hydrogen-bond donors (Lipinski definition) is 1. The molecule has 1 aliphatic heterocycles. The van der Waals surface area contributed by atoms with Gasteiger partial charge < -0.3 is 10.5 Å². The predicted molar refractivity (Wildman–Crippen MR) is 102 cm³/mol. The van der Waals surface area contributed by atoms with Crippen LogP contribution in [0, 0.1) is 5.82 Å². The minimum absolute atomic E-state index is 0.219. The molecule has 1 aromatic carbocycles. The minimum Gasteiger partial charge on any atom is -0.495 e. The topological polar surface area (TPSA) is 73.4 Å². The van der Waals surface area contributed by atoms with E-state index in [-0.39, 0.29) is 6.42 Å². The van der Waals surface area contributed by atoms with E-state index in [9.17, 15) is 4.39 Å². The number of nitrogens with two attached hydrogens (primary N) is 1. The SMILES string of the molecule is COc1cccnc1C1(N)CC(c2cc(Cl)ccc2F)=Nc2ncccc21. The van der Waals surface area contributed by atoms with Crippen LogP contribution in [0.5, 0.6) is 5.75 Å². The summed E-state index contributed by atoms with van der Waals surface area (Å²) in [6.45, 7) is 0. The summed E-state index contributed by atoms with van der Waals surface area (Å²) in [6.07, 6.45) is 3.49. The summed E-state index contributed by atoms with van der Waals surface area (Å²) in [4.78, 5) is 13.3. The number of ether oxygens (including phenoxy) is 1. The van der Waals surface area contributed by atoms with Crippen LogP contribution in [0.3, 0.4) is 0 Å². The highest BCUT2D eigenvalue weighted by atomic mass is 35.5. The molecule has 0 amide bonds. The summed E-state index contributed by atoms with van der Waals surface area (Å²) in [5.41, 5.74) is 7.77. The molecular weight excluding hydrogens is 367 g/mol. The number of methoxy groups -OCH3 is 1. The zero-order valence-electron chi connectivity index (χ0n) is 14.5. The summed E-state index contributed by atoms with van der Waals surface area (Å²) < 4.78 is 20.0. The molecule has 27 heavy (non-hydrogen) atoms. The van der Waals surface area contributed by atoms with E-state index >= 15 is 0 Å². The summed E-state index contributed by atoms with van der Waals surface area (Å²) in [6, 6.07) is 11.5. The summed E-state index contributed by atoms with van der Waals surface area (Å²) in [7, 11) is 1.56. The van der Waals surface area contributed by atoms with Crippen molar-refractivity contribution in [1.82, 2.24) is 9.97 Å². The van der Waals surface area contributed by atoms with Gasteiger partial charge in [0.1, 0.15) is 17.3 Å². The Hall–Kier alpha value is -2.83. The lowest BCUT2D eigenvalue weighted by molar-refractivity contribution is 0.389. The van der Waals surface area contributed by atoms with Crippen LogP contribution < -0.4 is 10.5 Å². The maximum absolute atomic E-state index is 14.5. The zero-order valence-corrected chi connectivity index (χ0v) is 15.2. The van der Waals surface area contributed by atoms with Gasteiger partial charge in [0.25, 0.3) is 0 Å². The third-order valence-electron chi connectivity index (χ3n) is 4.61. The van der Waals surface area contributed by atoms with Crippen LogP contribution in [0.2, 0.25) is 5.02 Å². The Bertz CT molecular complexity index is 1060. The Morgan fingerprint density at radius 2 is 1.93 bits per heavy atom. The zero-order chi connectivity index (χ0) is 19.0. The highest BCUT2D eigenvalue weighted by Gasteiger charge is 2.41. The van der Waals surface area contributed by atoms with E-state index in [0.717, 1.165) is 0 Å². The molecule has 136 valence electrons. The summed E-state index contributed by atoms with van der Waals surface area (Å²) >= 11 is 6.07. The molecule has 0 bridgehead atoms. The molecule has 2 N–H and O–H groups in total. The van der Waals surface area contributed by atoms with E-state index in [1.807, 2.05) is 6.07 Å². The first-order valence-corrected chi connectivity index (χ1v) is 8.67. The fourth-order valence-electron chi connectivity index (χ4n) is 3.34. The van der Waals surface area contributed by atoms with Gasteiger partial charge in [0, 0.05) is 35.0 Å². The first kappa shape index (κ1) is 17.6. The van der Waals surface area contributed by atoms with E-state index in [1.165, 1.54) is 12.1 Å². The lowest BCUT2D eigenvalue weighted by atomic mass is 9.79. The van der Waals surface area contributed by atoms with Gasteiger partial charge in [-0.25, -0.2) is 14.4 Å². The number of pyridine rings is 2. The number of nitrogens with zero attached hydrogens (tertiary/aromatic N) is 3. The van der Waals surface area contributed by atoms with Gasteiger partial charge in [-0.3, -0.25) is 4.98 Å². The van der Waals surface area contributed by atoms with Crippen LogP contribution in [-0.2, 0) is 5.54 Å². The average molecular weight is 383 g/mol. The number of halogens is 2. The number of hydrogen-bond acceptors (Lipinski definition) is 5. The second-order valence-electron chi connectivity index (χ2n) is 6.26. The van der Waals surface area contributed by atoms with Gasteiger partial charge in [-0.05, 0) is 36.4 Å². The maximum atomic E-state index is 14.5. The van der Waals surface area contributed by atoms with Crippen molar-refractivity contribution in [2.24, 2.45) is 10.7 Å². The molecule has 3 aromatic rings. The van der Waals surface area contributed by atoms with Crippen molar-refractivity contribution in [2.45, 2.75) is 12.0 Å². The van der Waals surface area contributed by atoms with Crippen molar-refractivity contribution in [2.75, 3.05) is 7.11 Å². The van der Waals surface area contributed by atoms with Gasteiger partial charge >= 0.3 is 0 Å². The monoisotopic (exact) mass is 382 g/mol. The van der Waals surface area contributed by atoms with E-state index in [0.29, 0.717) is 39.1 Å². The molecule has 0 spiro atoms. The van der Waals surface area contributed by atoms with Crippen LogP contribution in [0.25, 0.3) is 0 Å². The smallest absolute Gasteiger partial charge is 0.157 e. The van der Waals surface area contributed by atoms with Crippen LogP contribution in [0.1, 0.15) is 23.2 Å². The molecule has 0 aliphatic carbocycles. The lowest BCUT2D eigenvalue weighted by Gasteiger charge is -2.34. The van der Waals surface area contributed by atoms with Crippen LogP contribution in [-0.4, -0.2) is 22.8 Å². The summed E-state index contributed by atoms with van der Waals surface area (Å²) in [5.74, 6) is 0.545. The van der Waals surface area contributed by atoms with E-state index in [1.54, 1.807) is 43.8 Å². The van der Waals surface area contributed by atoms with Gasteiger partial charge in [-0.1, -0.05) is 17.7 Å². The molecule has 3 heterocycles. The number of aliphatic imine (C=N–C) groups is 1. The van der Waals surface area contributed by atoms with Gasteiger partial charge in [0.2, 0.25) is 0 Å². The van der Waals surface area contributed by atoms with Gasteiger partial charge in [-0.2, -0.15) is 0 Å². The van der Waals surface area contributed by atoms with E-state index in [2.05, 4.69) is 15.0 Å². The molecule has 1 aliphatic rings. The first-order valence-electron chi connectivity index (χ1n) is 8.30. The third-order valence-corrected chi connectivity index (χ3v) is 4.84. The predicted octanol–water partition coefficient (Wildman–Crippen LogP) is 4.00. The molecule has 1 atom stereocenters. The Labute approximate surface area is 160 Å². The summed E-state index contributed by atoms with van der Waals surface area (Å²) in [5, 5.41) is 0.416. The second kappa shape index (κ2) is 6.72. The fraction of sp³-hybridized carbons (Fsp3) is 0.150. The van der Waals surface area contributed by atoms with Gasteiger partial charge in [0.05, 0.1) is 18.4 Å². The van der Waals surface area contributed by atoms with Crippen molar-refractivity contribution >= 4 is 23.1 Å². The fourth-order valence-corrected chi connectivity index (χ4v) is 3.51. The average Bonchev–Trinajstić information content (AvgIpc) is 2.69.